The second-order valence-corrected chi connectivity index (χ2v) is 11.2. The Balaban J connectivity index is 2.98. The average Bonchev–Trinajstić information content (AvgIpc) is 3.23. The topological polar surface area (TPSA) is 96.7 Å². The van der Waals surface area contributed by atoms with Crippen LogP contribution in [0.4, 0.5) is 0 Å². The Hall–Kier alpha value is -2.35. The summed E-state index contributed by atoms with van der Waals surface area (Å²) >= 11 is 1.54. The van der Waals surface area contributed by atoms with E-state index in [1.54, 1.807) is 32.9 Å². The highest BCUT2D eigenvalue weighted by atomic mass is 32.1. The van der Waals surface area contributed by atoms with Crippen molar-refractivity contribution in [3.63, 3.8) is 0 Å². The molecule has 0 saturated heterocycles. The molecule has 7 heteroatoms. The predicted molar refractivity (Wildman–Crippen MR) is 148 cm³/mol. The van der Waals surface area contributed by atoms with Crippen LogP contribution >= 0.6 is 11.3 Å². The molecule has 0 fully saturated rings. The lowest BCUT2D eigenvalue weighted by Gasteiger charge is -2.34. The summed E-state index contributed by atoms with van der Waals surface area (Å²) in [4.78, 5) is 30.5. The number of rotatable bonds is 15. The third kappa shape index (κ3) is 9.26. The number of carbonyl (C=O) groups is 2. The standard InChI is InChI=1S/C29H43NO5S/c1-10-12-19(4)27(33)21(6)28(34)29(8,9)25(31)16-26(32)35-24(14-13-18(3)11-2)20(5)15-23-17-36-22(7)30-23/h10-11,13,15,17,19,21,24-25,27,31,33H,1-2,12,14,16H2,3-9H3/b18-13-,20-15+/t19-,21+,24-,25-,27-/m0/s1. The number of allylic oxidation sites excluding steroid dienone is 3. The molecular formula is C29H43NO5S. The molecule has 200 valence electrons. The van der Waals surface area contributed by atoms with E-state index in [-0.39, 0.29) is 18.1 Å². The minimum atomic E-state index is -1.27. The molecule has 0 aromatic carbocycles. The van der Waals surface area contributed by atoms with Crippen LogP contribution < -0.4 is 0 Å². The molecule has 0 saturated carbocycles. The maximum atomic E-state index is 13.2. The number of esters is 1. The minimum Gasteiger partial charge on any atom is -0.457 e. The maximum absolute atomic E-state index is 13.2. The number of aryl methyl sites for hydroxylation is 1. The van der Waals surface area contributed by atoms with E-state index in [1.165, 1.54) is 11.3 Å². The van der Waals surface area contributed by atoms with Crippen LogP contribution in [0.15, 0.2) is 47.9 Å². The zero-order valence-electron chi connectivity index (χ0n) is 22.8. The van der Waals surface area contributed by atoms with Gasteiger partial charge in [0, 0.05) is 17.7 Å². The molecule has 0 unspecified atom stereocenters. The summed E-state index contributed by atoms with van der Waals surface area (Å²) < 4.78 is 5.77. The van der Waals surface area contributed by atoms with E-state index in [1.807, 2.05) is 45.2 Å². The zero-order valence-corrected chi connectivity index (χ0v) is 23.6. The van der Waals surface area contributed by atoms with E-state index in [0.29, 0.717) is 12.8 Å². The number of aliphatic hydroxyl groups excluding tert-OH is 2. The van der Waals surface area contributed by atoms with E-state index >= 15 is 0 Å². The van der Waals surface area contributed by atoms with Crippen LogP contribution in [0.5, 0.6) is 0 Å². The van der Waals surface area contributed by atoms with Crippen LogP contribution in [-0.4, -0.2) is 45.3 Å². The molecule has 0 radical (unpaired) electrons. The number of aromatic nitrogens is 1. The van der Waals surface area contributed by atoms with Crippen molar-refractivity contribution in [2.45, 2.75) is 86.0 Å². The van der Waals surface area contributed by atoms with Crippen LogP contribution in [0, 0.1) is 24.2 Å². The molecule has 5 atom stereocenters. The molecule has 1 heterocycles. The fourth-order valence-corrected chi connectivity index (χ4v) is 4.47. The lowest BCUT2D eigenvalue weighted by molar-refractivity contribution is -0.154. The van der Waals surface area contributed by atoms with E-state index in [2.05, 4.69) is 18.1 Å². The molecule has 36 heavy (non-hydrogen) atoms. The van der Waals surface area contributed by atoms with Gasteiger partial charge in [0.25, 0.3) is 0 Å². The molecule has 0 aliphatic heterocycles. The summed E-state index contributed by atoms with van der Waals surface area (Å²) in [6.45, 7) is 19.8. The summed E-state index contributed by atoms with van der Waals surface area (Å²) in [7, 11) is 0. The Morgan fingerprint density at radius 3 is 2.36 bits per heavy atom. The smallest absolute Gasteiger partial charge is 0.309 e. The van der Waals surface area contributed by atoms with E-state index in [4.69, 9.17) is 4.74 Å². The van der Waals surface area contributed by atoms with Crippen molar-refractivity contribution in [1.29, 1.82) is 0 Å². The monoisotopic (exact) mass is 517 g/mol. The molecular weight excluding hydrogens is 474 g/mol. The molecule has 0 amide bonds. The highest BCUT2D eigenvalue weighted by Gasteiger charge is 2.42. The third-order valence-corrected chi connectivity index (χ3v) is 7.44. The lowest BCUT2D eigenvalue weighted by Crippen LogP contribution is -2.45. The van der Waals surface area contributed by atoms with Gasteiger partial charge in [-0.15, -0.1) is 17.9 Å². The van der Waals surface area contributed by atoms with Crippen LogP contribution in [-0.2, 0) is 14.3 Å². The van der Waals surface area contributed by atoms with Gasteiger partial charge >= 0.3 is 5.97 Å². The Kier molecular flexibility index (Phi) is 12.7. The van der Waals surface area contributed by atoms with Gasteiger partial charge < -0.3 is 14.9 Å². The maximum Gasteiger partial charge on any atom is 0.309 e. The molecule has 0 aliphatic carbocycles. The number of hydrogen-bond acceptors (Lipinski definition) is 7. The number of nitrogens with zero attached hydrogens (tertiary/aromatic N) is 1. The van der Waals surface area contributed by atoms with Crippen molar-refractivity contribution in [3.8, 4) is 0 Å². The Labute approximate surface area is 220 Å². The molecule has 0 aliphatic rings. The minimum absolute atomic E-state index is 0.150. The van der Waals surface area contributed by atoms with Crippen molar-refractivity contribution in [3.05, 3.63) is 58.6 Å². The number of thiazole rings is 1. The van der Waals surface area contributed by atoms with Gasteiger partial charge in [-0.25, -0.2) is 4.98 Å². The van der Waals surface area contributed by atoms with Crippen molar-refractivity contribution >= 4 is 29.2 Å². The molecule has 1 rings (SSSR count). The number of ketones is 1. The number of ether oxygens (including phenoxy) is 1. The van der Waals surface area contributed by atoms with Gasteiger partial charge in [0.2, 0.25) is 0 Å². The summed E-state index contributed by atoms with van der Waals surface area (Å²) in [6.07, 6.45) is 5.23. The van der Waals surface area contributed by atoms with Gasteiger partial charge in [-0.2, -0.15) is 0 Å². The van der Waals surface area contributed by atoms with Crippen LogP contribution in [0.3, 0.4) is 0 Å². The second-order valence-electron chi connectivity index (χ2n) is 10.1. The first kappa shape index (κ1) is 31.7. The van der Waals surface area contributed by atoms with Crippen molar-refractivity contribution in [2.75, 3.05) is 0 Å². The number of hydrogen-bond donors (Lipinski definition) is 2. The molecule has 0 bridgehead atoms. The summed E-state index contributed by atoms with van der Waals surface area (Å²) in [5, 5.41) is 24.3. The molecule has 1 aromatic rings. The van der Waals surface area contributed by atoms with Crippen LogP contribution in [0.2, 0.25) is 0 Å². The predicted octanol–water partition coefficient (Wildman–Crippen LogP) is 5.84. The van der Waals surface area contributed by atoms with Gasteiger partial charge in [0.15, 0.2) is 0 Å². The quantitative estimate of drug-likeness (QED) is 0.172. The summed E-state index contributed by atoms with van der Waals surface area (Å²) in [5.41, 5.74) is 1.33. The average molecular weight is 518 g/mol. The van der Waals surface area contributed by atoms with E-state index in [9.17, 15) is 19.8 Å². The van der Waals surface area contributed by atoms with Crippen molar-refractivity contribution in [2.24, 2.45) is 17.3 Å². The van der Waals surface area contributed by atoms with Crippen molar-refractivity contribution < 1.29 is 24.5 Å². The highest BCUT2D eigenvalue weighted by molar-refractivity contribution is 7.09. The highest BCUT2D eigenvalue weighted by Crippen LogP contribution is 2.31. The largest absolute Gasteiger partial charge is 0.457 e. The molecule has 0 spiro atoms. The Morgan fingerprint density at radius 1 is 1.19 bits per heavy atom. The normalized spacial score (nSPS) is 17.0. The second kappa shape index (κ2) is 14.4. The SMILES string of the molecule is C=CC[C@H](C)[C@H](O)[C@@H](C)C(=O)C(C)(C)[C@@H](O)CC(=O)O[C@@H](C/C=C(/C)C=C)/C(C)=C/c1csc(C)n1. The van der Waals surface area contributed by atoms with E-state index < -0.39 is 35.6 Å². The summed E-state index contributed by atoms with van der Waals surface area (Å²) in [6, 6.07) is 0. The van der Waals surface area contributed by atoms with Gasteiger partial charge in [0.05, 0.1) is 34.7 Å². The van der Waals surface area contributed by atoms with Gasteiger partial charge in [-0.05, 0) is 44.8 Å². The van der Waals surface area contributed by atoms with Crippen LogP contribution in [0.25, 0.3) is 6.08 Å². The summed E-state index contributed by atoms with van der Waals surface area (Å²) in [5.74, 6) is -1.76. The molecule has 2 N–H and O–H groups in total. The van der Waals surface area contributed by atoms with Gasteiger partial charge in [0.1, 0.15) is 11.9 Å². The number of aliphatic hydroxyl groups is 2. The van der Waals surface area contributed by atoms with Gasteiger partial charge in [-0.1, -0.05) is 58.1 Å². The molecule has 6 nitrogen and oxygen atoms in total. The third-order valence-electron chi connectivity index (χ3n) is 6.65. The lowest BCUT2D eigenvalue weighted by atomic mass is 9.73. The van der Waals surface area contributed by atoms with Crippen molar-refractivity contribution in [1.82, 2.24) is 4.98 Å². The number of carbonyl (C=O) groups excluding carboxylic acids is 2. The number of Topliss-reactive ketones (excluding diaryl/α,β-unsaturated/α-hetero) is 1. The van der Waals surface area contributed by atoms with Gasteiger partial charge in [-0.3, -0.25) is 9.59 Å². The van der Waals surface area contributed by atoms with E-state index in [0.717, 1.165) is 21.8 Å². The molecule has 1 aromatic heterocycles. The van der Waals surface area contributed by atoms with Crippen LogP contribution in [0.1, 0.15) is 71.5 Å². The fourth-order valence-electron chi connectivity index (χ4n) is 3.90. The zero-order chi connectivity index (χ0) is 27.6. The fraction of sp³-hybridized carbons (Fsp3) is 0.552. The Morgan fingerprint density at radius 2 is 1.83 bits per heavy atom. The first-order chi connectivity index (χ1) is 16.7. The first-order valence-electron chi connectivity index (χ1n) is 12.3. The first-order valence-corrected chi connectivity index (χ1v) is 13.2. The Bertz CT molecular complexity index is 974.